The number of carbonyl (C=O) groups is 2. The molecule has 1 rings (SSSR count). The molecule has 0 spiro atoms. The summed E-state index contributed by atoms with van der Waals surface area (Å²) in [6.45, 7) is 4.72. The van der Waals surface area contributed by atoms with Crippen LogP contribution >= 0.6 is 0 Å². The Morgan fingerprint density at radius 1 is 1.53 bits per heavy atom. The number of carboxylic acids is 1. The van der Waals surface area contributed by atoms with Gasteiger partial charge in [0.25, 0.3) is 5.91 Å². The highest BCUT2D eigenvalue weighted by Gasteiger charge is 2.22. The molecule has 0 saturated heterocycles. The van der Waals surface area contributed by atoms with E-state index in [-0.39, 0.29) is 17.3 Å². The summed E-state index contributed by atoms with van der Waals surface area (Å²) in [7, 11) is 1.64. The number of carboxylic acid groups (broad SMARTS) is 1. The molecule has 0 unspecified atom stereocenters. The smallest absolute Gasteiger partial charge is 0.354 e. The van der Waals surface area contributed by atoms with Crippen molar-refractivity contribution < 1.29 is 14.7 Å². The average molecular weight is 239 g/mol. The zero-order chi connectivity index (χ0) is 13.0. The van der Waals surface area contributed by atoms with E-state index in [2.05, 4.69) is 23.8 Å². The van der Waals surface area contributed by atoms with Crippen LogP contribution in [0.5, 0.6) is 0 Å². The van der Waals surface area contributed by atoms with Gasteiger partial charge in [-0.3, -0.25) is 4.79 Å². The van der Waals surface area contributed by atoms with Crippen molar-refractivity contribution >= 4 is 11.9 Å². The van der Waals surface area contributed by atoms with Crippen molar-refractivity contribution in [1.29, 1.82) is 0 Å². The van der Waals surface area contributed by atoms with Crippen LogP contribution in [-0.2, 0) is 0 Å². The summed E-state index contributed by atoms with van der Waals surface area (Å²) in [5.74, 6) is -1.06. The van der Waals surface area contributed by atoms with Gasteiger partial charge in [0.05, 0.1) is 6.33 Å². The Morgan fingerprint density at radius 3 is 2.71 bits per heavy atom. The van der Waals surface area contributed by atoms with Crippen molar-refractivity contribution in [1.82, 2.24) is 14.9 Å². The Balaban J connectivity index is 2.75. The van der Waals surface area contributed by atoms with E-state index in [1.165, 1.54) is 11.2 Å². The van der Waals surface area contributed by atoms with Crippen LogP contribution in [0.15, 0.2) is 6.33 Å². The number of hydrogen-bond acceptors (Lipinski definition) is 3. The molecule has 94 valence electrons. The minimum Gasteiger partial charge on any atom is -0.477 e. The number of nitrogens with one attached hydrogen (secondary N) is 1. The molecule has 1 amide bonds. The van der Waals surface area contributed by atoms with Gasteiger partial charge >= 0.3 is 5.97 Å². The van der Waals surface area contributed by atoms with Crippen LogP contribution in [0.4, 0.5) is 0 Å². The fraction of sp³-hybridized carbons (Fsp3) is 0.545. The van der Waals surface area contributed by atoms with Crippen molar-refractivity contribution in [2.75, 3.05) is 13.6 Å². The van der Waals surface area contributed by atoms with E-state index >= 15 is 0 Å². The second-order valence-corrected chi connectivity index (χ2v) is 4.34. The zero-order valence-electron chi connectivity index (χ0n) is 10.2. The first-order chi connectivity index (χ1) is 7.93. The van der Waals surface area contributed by atoms with Crippen molar-refractivity contribution in [3.05, 3.63) is 17.7 Å². The molecule has 2 N–H and O–H groups in total. The molecule has 0 aromatic carbocycles. The molecule has 1 aromatic heterocycles. The molecule has 6 nitrogen and oxygen atoms in total. The maximum atomic E-state index is 11.9. The molecular weight excluding hydrogens is 222 g/mol. The SMILES string of the molecule is CC(C)CCN(C)C(=O)c1nc[nH]c1C(=O)O. The first-order valence-corrected chi connectivity index (χ1v) is 5.45. The molecule has 0 atom stereocenters. The number of carbonyl (C=O) groups excluding carboxylic acids is 1. The van der Waals surface area contributed by atoms with E-state index in [1.807, 2.05) is 0 Å². The lowest BCUT2D eigenvalue weighted by atomic mass is 10.1. The lowest BCUT2D eigenvalue weighted by Gasteiger charge is -2.17. The van der Waals surface area contributed by atoms with E-state index in [1.54, 1.807) is 7.05 Å². The van der Waals surface area contributed by atoms with Gasteiger partial charge in [0.15, 0.2) is 11.4 Å². The van der Waals surface area contributed by atoms with Crippen molar-refractivity contribution in [2.45, 2.75) is 20.3 Å². The minimum absolute atomic E-state index is 0.0382. The Hall–Kier alpha value is -1.85. The maximum Gasteiger partial charge on any atom is 0.354 e. The zero-order valence-corrected chi connectivity index (χ0v) is 10.2. The molecule has 0 aliphatic heterocycles. The summed E-state index contributed by atoms with van der Waals surface area (Å²) in [6.07, 6.45) is 2.09. The van der Waals surface area contributed by atoms with Gasteiger partial charge in [-0.2, -0.15) is 0 Å². The summed E-state index contributed by atoms with van der Waals surface area (Å²) in [5, 5.41) is 8.86. The van der Waals surface area contributed by atoms with E-state index in [9.17, 15) is 9.59 Å². The number of aromatic nitrogens is 2. The lowest BCUT2D eigenvalue weighted by Crippen LogP contribution is -2.30. The summed E-state index contributed by atoms with van der Waals surface area (Å²) in [6, 6.07) is 0. The Kier molecular flexibility index (Phi) is 4.25. The Morgan fingerprint density at radius 2 is 2.18 bits per heavy atom. The molecule has 0 radical (unpaired) electrons. The van der Waals surface area contributed by atoms with Crippen LogP contribution in [0, 0.1) is 5.92 Å². The predicted octanol–water partition coefficient (Wildman–Crippen LogP) is 1.23. The van der Waals surface area contributed by atoms with Gasteiger partial charge in [0, 0.05) is 13.6 Å². The van der Waals surface area contributed by atoms with E-state index in [0.717, 1.165) is 6.42 Å². The number of rotatable bonds is 5. The van der Waals surface area contributed by atoms with Gasteiger partial charge in [-0.1, -0.05) is 13.8 Å². The van der Waals surface area contributed by atoms with Crippen LogP contribution < -0.4 is 0 Å². The second kappa shape index (κ2) is 5.47. The van der Waals surface area contributed by atoms with E-state index < -0.39 is 5.97 Å². The van der Waals surface area contributed by atoms with Gasteiger partial charge in [0.1, 0.15) is 0 Å². The number of imidazole rings is 1. The van der Waals surface area contributed by atoms with Gasteiger partial charge in [-0.05, 0) is 12.3 Å². The van der Waals surface area contributed by atoms with Crippen LogP contribution in [0.25, 0.3) is 0 Å². The molecule has 17 heavy (non-hydrogen) atoms. The third-order valence-electron chi connectivity index (χ3n) is 2.44. The summed E-state index contributed by atoms with van der Waals surface area (Å²) in [5.41, 5.74) is -0.199. The number of H-pyrrole nitrogens is 1. The van der Waals surface area contributed by atoms with Crippen LogP contribution in [-0.4, -0.2) is 45.4 Å². The highest BCUT2D eigenvalue weighted by molar-refractivity contribution is 6.02. The normalized spacial score (nSPS) is 10.6. The second-order valence-electron chi connectivity index (χ2n) is 4.34. The number of hydrogen-bond donors (Lipinski definition) is 2. The third-order valence-corrected chi connectivity index (χ3v) is 2.44. The quantitative estimate of drug-likeness (QED) is 0.809. The fourth-order valence-electron chi connectivity index (χ4n) is 1.35. The molecule has 6 heteroatoms. The third kappa shape index (κ3) is 3.30. The van der Waals surface area contributed by atoms with Crippen molar-refractivity contribution in [3.63, 3.8) is 0 Å². The Bertz CT molecular complexity index is 412. The van der Waals surface area contributed by atoms with Gasteiger partial charge in [-0.25, -0.2) is 9.78 Å². The summed E-state index contributed by atoms with van der Waals surface area (Å²) in [4.78, 5) is 30.5. The number of aromatic carboxylic acids is 1. The molecule has 0 aliphatic rings. The largest absolute Gasteiger partial charge is 0.477 e. The van der Waals surface area contributed by atoms with Gasteiger partial charge < -0.3 is 15.0 Å². The molecule has 0 bridgehead atoms. The van der Waals surface area contributed by atoms with Crippen LogP contribution in [0.2, 0.25) is 0 Å². The lowest BCUT2D eigenvalue weighted by molar-refractivity contribution is 0.0674. The molecular formula is C11H17N3O3. The van der Waals surface area contributed by atoms with Crippen LogP contribution in [0.1, 0.15) is 41.2 Å². The summed E-state index contributed by atoms with van der Waals surface area (Å²) < 4.78 is 0. The fourth-order valence-corrected chi connectivity index (χ4v) is 1.35. The first-order valence-electron chi connectivity index (χ1n) is 5.45. The predicted molar refractivity (Wildman–Crippen MR) is 62.0 cm³/mol. The average Bonchev–Trinajstić information content (AvgIpc) is 2.73. The van der Waals surface area contributed by atoms with Crippen molar-refractivity contribution in [2.24, 2.45) is 5.92 Å². The number of amides is 1. The topological polar surface area (TPSA) is 86.3 Å². The van der Waals surface area contributed by atoms with Crippen molar-refractivity contribution in [3.8, 4) is 0 Å². The monoisotopic (exact) mass is 239 g/mol. The standard InChI is InChI=1S/C11H17N3O3/c1-7(2)4-5-14(3)10(15)8-9(11(16)17)13-6-12-8/h6-7H,4-5H2,1-3H3,(H,12,13)(H,16,17). The van der Waals surface area contributed by atoms with Crippen LogP contribution in [0.3, 0.4) is 0 Å². The number of nitrogens with zero attached hydrogens (tertiary/aromatic N) is 2. The maximum absolute atomic E-state index is 11.9. The molecule has 0 aliphatic carbocycles. The molecule has 0 saturated carbocycles. The van der Waals surface area contributed by atoms with E-state index in [4.69, 9.17) is 5.11 Å². The highest BCUT2D eigenvalue weighted by atomic mass is 16.4. The van der Waals surface area contributed by atoms with E-state index in [0.29, 0.717) is 12.5 Å². The molecule has 0 fully saturated rings. The Labute approximate surface area is 99.7 Å². The number of aromatic amines is 1. The molecule has 1 heterocycles. The summed E-state index contributed by atoms with van der Waals surface area (Å²) >= 11 is 0. The minimum atomic E-state index is -1.18. The highest BCUT2D eigenvalue weighted by Crippen LogP contribution is 2.08. The van der Waals surface area contributed by atoms with Gasteiger partial charge in [0.2, 0.25) is 0 Å². The molecule has 1 aromatic rings. The first kappa shape index (κ1) is 13.2. The van der Waals surface area contributed by atoms with Gasteiger partial charge in [-0.15, -0.1) is 0 Å².